The summed E-state index contributed by atoms with van der Waals surface area (Å²) in [4.78, 5) is 24.1. The number of benzene rings is 2. The molecule has 3 rings (SSSR count). The Bertz CT molecular complexity index is 823. The molecule has 0 atom stereocenters. The van der Waals surface area contributed by atoms with E-state index in [1.807, 2.05) is 31.2 Å². The van der Waals surface area contributed by atoms with Gasteiger partial charge in [-0.05, 0) is 61.6 Å². The molecule has 0 aromatic heterocycles. The van der Waals surface area contributed by atoms with Crippen LogP contribution in [0.2, 0.25) is 0 Å². The molecule has 0 radical (unpaired) electrons. The summed E-state index contributed by atoms with van der Waals surface area (Å²) in [6.07, 6.45) is 1.61. The first-order chi connectivity index (χ1) is 11.3. The van der Waals surface area contributed by atoms with Crippen LogP contribution in [0.3, 0.4) is 0 Å². The molecular formula is C19H18BrNO3. The molecule has 24 heavy (non-hydrogen) atoms. The normalized spacial score (nSPS) is 15.0. The maximum atomic E-state index is 12.8. The summed E-state index contributed by atoms with van der Waals surface area (Å²) in [5.74, 6) is -1.06. The van der Waals surface area contributed by atoms with Gasteiger partial charge in [-0.1, -0.05) is 34.1 Å². The predicted molar refractivity (Wildman–Crippen MR) is 96.6 cm³/mol. The van der Waals surface area contributed by atoms with Crippen molar-refractivity contribution in [3.63, 3.8) is 0 Å². The van der Waals surface area contributed by atoms with Gasteiger partial charge in [-0.3, -0.25) is 4.79 Å². The monoisotopic (exact) mass is 387 g/mol. The van der Waals surface area contributed by atoms with Crippen molar-refractivity contribution in [2.75, 3.05) is 5.32 Å². The molecule has 1 saturated carbocycles. The second-order valence-corrected chi connectivity index (χ2v) is 7.25. The number of anilines is 1. The van der Waals surface area contributed by atoms with Crippen LogP contribution >= 0.6 is 15.9 Å². The third kappa shape index (κ3) is 2.96. The number of carboxylic acid groups (broad SMARTS) is 1. The summed E-state index contributed by atoms with van der Waals surface area (Å²) in [5, 5.41) is 12.2. The highest BCUT2D eigenvalue weighted by molar-refractivity contribution is 9.10. The average molecular weight is 388 g/mol. The average Bonchev–Trinajstić information content (AvgIpc) is 3.32. The van der Waals surface area contributed by atoms with Crippen molar-refractivity contribution >= 4 is 33.5 Å². The van der Waals surface area contributed by atoms with Gasteiger partial charge < -0.3 is 10.4 Å². The Labute approximate surface area is 149 Å². The first-order valence-electron chi connectivity index (χ1n) is 7.75. The molecule has 124 valence electrons. The summed E-state index contributed by atoms with van der Waals surface area (Å²) in [6, 6.07) is 11.1. The van der Waals surface area contributed by atoms with Crippen molar-refractivity contribution < 1.29 is 14.7 Å². The van der Waals surface area contributed by atoms with Gasteiger partial charge in [-0.25, -0.2) is 4.79 Å². The van der Waals surface area contributed by atoms with E-state index in [1.165, 1.54) is 0 Å². The molecule has 0 saturated heterocycles. The zero-order valence-electron chi connectivity index (χ0n) is 13.5. The zero-order chi connectivity index (χ0) is 17.5. The smallest absolute Gasteiger partial charge is 0.336 e. The highest BCUT2D eigenvalue weighted by atomic mass is 79.9. The Balaban J connectivity index is 1.89. The highest BCUT2D eigenvalue weighted by Gasteiger charge is 2.51. The van der Waals surface area contributed by atoms with Crippen molar-refractivity contribution in [2.24, 2.45) is 0 Å². The van der Waals surface area contributed by atoms with Gasteiger partial charge in [0.15, 0.2) is 0 Å². The van der Waals surface area contributed by atoms with E-state index in [9.17, 15) is 14.7 Å². The SMILES string of the molecule is Cc1cc(C)c(C(=O)O)cc1NC(=O)C1(c2ccc(Br)cc2)CC1. The summed E-state index contributed by atoms with van der Waals surface area (Å²) >= 11 is 3.41. The Morgan fingerprint density at radius 3 is 2.25 bits per heavy atom. The van der Waals surface area contributed by atoms with E-state index in [2.05, 4.69) is 21.2 Å². The van der Waals surface area contributed by atoms with Crippen LogP contribution in [0.5, 0.6) is 0 Å². The summed E-state index contributed by atoms with van der Waals surface area (Å²) in [5.41, 5.74) is 2.81. The van der Waals surface area contributed by atoms with Gasteiger partial charge >= 0.3 is 5.97 Å². The van der Waals surface area contributed by atoms with Gasteiger partial charge in [-0.15, -0.1) is 0 Å². The van der Waals surface area contributed by atoms with Gasteiger partial charge in [0, 0.05) is 10.2 Å². The van der Waals surface area contributed by atoms with E-state index in [4.69, 9.17) is 0 Å². The fraction of sp³-hybridized carbons (Fsp3) is 0.263. The number of carbonyl (C=O) groups excluding carboxylic acids is 1. The lowest BCUT2D eigenvalue weighted by atomic mass is 9.94. The lowest BCUT2D eigenvalue weighted by molar-refractivity contribution is -0.118. The topological polar surface area (TPSA) is 66.4 Å². The van der Waals surface area contributed by atoms with Crippen LogP contribution in [0.15, 0.2) is 40.9 Å². The number of nitrogens with one attached hydrogen (secondary N) is 1. The number of carbonyl (C=O) groups is 2. The second kappa shape index (κ2) is 6.06. The van der Waals surface area contributed by atoms with Gasteiger partial charge in [0.05, 0.1) is 11.0 Å². The number of amides is 1. The summed E-state index contributed by atoms with van der Waals surface area (Å²) in [6.45, 7) is 3.62. The molecule has 2 aromatic rings. The number of halogens is 1. The van der Waals surface area contributed by atoms with E-state index in [1.54, 1.807) is 19.1 Å². The van der Waals surface area contributed by atoms with Crippen LogP contribution in [0.4, 0.5) is 5.69 Å². The third-order valence-corrected chi connectivity index (χ3v) is 5.16. The first kappa shape index (κ1) is 16.7. The quantitative estimate of drug-likeness (QED) is 0.814. The molecule has 2 aromatic carbocycles. The second-order valence-electron chi connectivity index (χ2n) is 6.33. The van der Waals surface area contributed by atoms with E-state index in [0.717, 1.165) is 28.4 Å². The van der Waals surface area contributed by atoms with Gasteiger partial charge in [0.2, 0.25) is 5.91 Å². The minimum atomic E-state index is -0.989. The van der Waals surface area contributed by atoms with Crippen LogP contribution < -0.4 is 5.32 Å². The van der Waals surface area contributed by atoms with Gasteiger partial charge in [-0.2, -0.15) is 0 Å². The minimum absolute atomic E-state index is 0.0758. The molecule has 0 bridgehead atoms. The van der Waals surface area contributed by atoms with Crippen LogP contribution in [0.25, 0.3) is 0 Å². The predicted octanol–water partition coefficient (Wildman–Crippen LogP) is 4.43. The van der Waals surface area contributed by atoms with E-state index in [0.29, 0.717) is 11.3 Å². The molecule has 0 heterocycles. The van der Waals surface area contributed by atoms with E-state index >= 15 is 0 Å². The zero-order valence-corrected chi connectivity index (χ0v) is 15.1. The molecule has 2 N–H and O–H groups in total. The van der Waals surface area contributed by atoms with Crippen molar-refractivity contribution in [3.8, 4) is 0 Å². The molecule has 4 nitrogen and oxygen atoms in total. The lowest BCUT2D eigenvalue weighted by Gasteiger charge is -2.18. The molecule has 1 aliphatic carbocycles. The number of aromatic carboxylic acids is 1. The molecule has 0 aliphatic heterocycles. The first-order valence-corrected chi connectivity index (χ1v) is 8.55. The van der Waals surface area contributed by atoms with Crippen LogP contribution in [0.1, 0.15) is 39.9 Å². The maximum Gasteiger partial charge on any atom is 0.336 e. The number of hydrogen-bond donors (Lipinski definition) is 2. The van der Waals surface area contributed by atoms with Gasteiger partial charge in [0.1, 0.15) is 0 Å². The van der Waals surface area contributed by atoms with Gasteiger partial charge in [0.25, 0.3) is 0 Å². The van der Waals surface area contributed by atoms with E-state index in [-0.39, 0.29) is 11.5 Å². The lowest BCUT2D eigenvalue weighted by Crippen LogP contribution is -2.28. The standard InChI is InChI=1S/C19H18BrNO3/c1-11-9-12(2)16(10-15(11)17(22)23)21-18(24)19(7-8-19)13-3-5-14(20)6-4-13/h3-6,9-10H,7-8H2,1-2H3,(H,21,24)(H,22,23). The van der Waals surface area contributed by atoms with E-state index < -0.39 is 11.4 Å². The summed E-state index contributed by atoms with van der Waals surface area (Å²) < 4.78 is 0.975. The van der Waals surface area contributed by atoms with Crippen LogP contribution in [0, 0.1) is 13.8 Å². The minimum Gasteiger partial charge on any atom is -0.478 e. The van der Waals surface area contributed by atoms with Crippen LogP contribution in [-0.4, -0.2) is 17.0 Å². The Morgan fingerprint density at radius 2 is 1.71 bits per heavy atom. The van der Waals surface area contributed by atoms with Crippen LogP contribution in [-0.2, 0) is 10.2 Å². The Hall–Kier alpha value is -2.14. The maximum absolute atomic E-state index is 12.8. The molecule has 1 fully saturated rings. The number of hydrogen-bond acceptors (Lipinski definition) is 2. The Morgan fingerprint density at radius 1 is 1.08 bits per heavy atom. The molecule has 5 heteroatoms. The molecule has 0 spiro atoms. The van der Waals surface area contributed by atoms with Crippen molar-refractivity contribution in [3.05, 3.63) is 63.1 Å². The van der Waals surface area contributed by atoms with Crippen molar-refractivity contribution in [1.82, 2.24) is 0 Å². The molecule has 1 amide bonds. The fourth-order valence-electron chi connectivity index (χ4n) is 3.00. The largest absolute Gasteiger partial charge is 0.478 e. The fourth-order valence-corrected chi connectivity index (χ4v) is 3.26. The Kier molecular flexibility index (Phi) is 4.22. The molecular weight excluding hydrogens is 370 g/mol. The third-order valence-electron chi connectivity index (χ3n) is 4.63. The summed E-state index contributed by atoms with van der Waals surface area (Å²) in [7, 11) is 0. The number of aryl methyl sites for hydroxylation is 2. The molecule has 1 aliphatic rings. The number of carboxylic acids is 1. The van der Waals surface area contributed by atoms with Crippen molar-refractivity contribution in [1.29, 1.82) is 0 Å². The number of rotatable bonds is 4. The highest BCUT2D eigenvalue weighted by Crippen LogP contribution is 2.49. The van der Waals surface area contributed by atoms with Crippen molar-refractivity contribution in [2.45, 2.75) is 32.1 Å². The molecule has 0 unspecified atom stereocenters.